The maximum atomic E-state index is 12.2. The Labute approximate surface area is 141 Å². The van der Waals surface area contributed by atoms with Gasteiger partial charge in [0.05, 0.1) is 26.3 Å². The third-order valence-corrected chi connectivity index (χ3v) is 4.58. The quantitative estimate of drug-likeness (QED) is 0.858. The number of hydrogen-bond donors (Lipinski definition) is 1. The molecule has 0 aliphatic carbocycles. The molecule has 1 saturated heterocycles. The van der Waals surface area contributed by atoms with Gasteiger partial charge in [0.2, 0.25) is 0 Å². The number of likely N-dealkylation sites (tertiary alicyclic amines) is 1. The third kappa shape index (κ3) is 2.71. The zero-order valence-corrected chi connectivity index (χ0v) is 14.0. The molecule has 0 radical (unpaired) electrons. The fourth-order valence-electron chi connectivity index (χ4n) is 3.11. The van der Waals surface area contributed by atoms with E-state index in [2.05, 4.69) is 0 Å². The van der Waals surface area contributed by atoms with Gasteiger partial charge in [0.25, 0.3) is 5.91 Å². The molecule has 1 N–H and O–H groups in total. The van der Waals surface area contributed by atoms with E-state index in [4.69, 9.17) is 9.47 Å². The minimum atomic E-state index is -1.00. The average Bonchev–Trinajstić information content (AvgIpc) is 2.65. The van der Waals surface area contributed by atoms with E-state index < -0.39 is 6.10 Å². The van der Waals surface area contributed by atoms with Crippen molar-refractivity contribution in [1.82, 2.24) is 4.90 Å². The summed E-state index contributed by atoms with van der Waals surface area (Å²) in [5.74, 6) is 1.26. The molecule has 0 spiro atoms. The molecule has 1 heterocycles. The number of hydrogen-bond acceptors (Lipinski definition) is 4. The Morgan fingerprint density at radius 2 is 1.46 bits per heavy atom. The molecule has 0 aromatic heterocycles. The van der Waals surface area contributed by atoms with Crippen molar-refractivity contribution >= 4 is 5.91 Å². The van der Waals surface area contributed by atoms with Crippen molar-refractivity contribution in [3.05, 3.63) is 59.7 Å². The Bertz CT molecular complexity index is 711. The van der Waals surface area contributed by atoms with Crippen LogP contribution in [-0.2, 0) is 4.79 Å². The van der Waals surface area contributed by atoms with Gasteiger partial charge in [0, 0.05) is 0 Å². The number of benzene rings is 2. The number of carbonyl (C=O) groups is 1. The average molecular weight is 327 g/mol. The Kier molecular flexibility index (Phi) is 4.44. The number of methoxy groups -OCH3 is 2. The van der Waals surface area contributed by atoms with E-state index in [9.17, 15) is 9.90 Å². The monoisotopic (exact) mass is 327 g/mol. The van der Waals surface area contributed by atoms with Crippen LogP contribution >= 0.6 is 0 Å². The molecule has 0 bridgehead atoms. The van der Waals surface area contributed by atoms with Crippen LogP contribution in [0.15, 0.2) is 48.5 Å². The smallest absolute Gasteiger partial charge is 0.255 e. The maximum absolute atomic E-state index is 12.2. The highest BCUT2D eigenvalue weighted by atomic mass is 16.5. The highest BCUT2D eigenvalue weighted by Crippen LogP contribution is 2.42. The summed E-state index contributed by atoms with van der Waals surface area (Å²) >= 11 is 0. The molecule has 0 unspecified atom stereocenters. The number of ether oxygens (including phenoxy) is 2. The SMILES string of the molecule is COc1ccc([C@@H](C)N2C(=O)[C@@H](O)[C@H]2c2ccc(OC)cc2)cc1. The van der Waals surface area contributed by atoms with Crippen LogP contribution in [0.4, 0.5) is 0 Å². The summed E-state index contributed by atoms with van der Waals surface area (Å²) in [4.78, 5) is 13.9. The second-order valence-electron chi connectivity index (χ2n) is 5.86. The number of amides is 1. The van der Waals surface area contributed by atoms with Crippen molar-refractivity contribution in [1.29, 1.82) is 0 Å². The molecule has 1 fully saturated rings. The minimum absolute atomic E-state index is 0.140. The summed E-state index contributed by atoms with van der Waals surface area (Å²) in [6.07, 6.45) is -1.00. The number of β-lactam (4-membered cyclic amide) rings is 1. The summed E-state index contributed by atoms with van der Waals surface area (Å²) in [7, 11) is 3.22. The normalized spacial score (nSPS) is 21.2. The Morgan fingerprint density at radius 3 is 1.96 bits per heavy atom. The largest absolute Gasteiger partial charge is 0.497 e. The summed E-state index contributed by atoms with van der Waals surface area (Å²) < 4.78 is 10.3. The van der Waals surface area contributed by atoms with Crippen LogP contribution in [0.1, 0.15) is 30.1 Å². The van der Waals surface area contributed by atoms with E-state index in [0.29, 0.717) is 0 Å². The summed E-state index contributed by atoms with van der Waals surface area (Å²) in [5, 5.41) is 10.2. The number of rotatable bonds is 5. The van der Waals surface area contributed by atoms with E-state index in [-0.39, 0.29) is 18.0 Å². The third-order valence-electron chi connectivity index (χ3n) is 4.58. The fraction of sp³-hybridized carbons (Fsp3) is 0.316. The zero-order chi connectivity index (χ0) is 17.3. The maximum Gasteiger partial charge on any atom is 0.255 e. The predicted molar refractivity (Wildman–Crippen MR) is 90.0 cm³/mol. The molecule has 3 atom stereocenters. The Balaban J connectivity index is 1.85. The molecule has 1 amide bonds. The zero-order valence-electron chi connectivity index (χ0n) is 14.0. The van der Waals surface area contributed by atoms with Crippen LogP contribution in [-0.4, -0.2) is 36.2 Å². The van der Waals surface area contributed by atoms with Gasteiger partial charge >= 0.3 is 0 Å². The number of carbonyl (C=O) groups excluding carboxylic acids is 1. The van der Waals surface area contributed by atoms with E-state index in [0.717, 1.165) is 22.6 Å². The van der Waals surface area contributed by atoms with Gasteiger partial charge in [-0.05, 0) is 42.3 Å². The van der Waals surface area contributed by atoms with Gasteiger partial charge in [-0.15, -0.1) is 0 Å². The van der Waals surface area contributed by atoms with Gasteiger partial charge in [-0.25, -0.2) is 0 Å². The van der Waals surface area contributed by atoms with Gasteiger partial charge in [-0.2, -0.15) is 0 Å². The molecular weight excluding hydrogens is 306 g/mol. The van der Waals surface area contributed by atoms with Gasteiger partial charge in [0.15, 0.2) is 6.10 Å². The van der Waals surface area contributed by atoms with Gasteiger partial charge in [-0.1, -0.05) is 24.3 Å². The number of nitrogens with zero attached hydrogens (tertiary/aromatic N) is 1. The van der Waals surface area contributed by atoms with Gasteiger partial charge in [-0.3, -0.25) is 4.79 Å². The van der Waals surface area contributed by atoms with Crippen LogP contribution in [0.5, 0.6) is 11.5 Å². The van der Waals surface area contributed by atoms with Crippen molar-refractivity contribution < 1.29 is 19.4 Å². The molecular formula is C19H21NO4. The molecule has 5 nitrogen and oxygen atoms in total. The number of aliphatic hydroxyl groups is 1. The van der Waals surface area contributed by atoms with E-state index >= 15 is 0 Å². The van der Waals surface area contributed by atoms with E-state index in [1.54, 1.807) is 19.1 Å². The molecule has 2 aromatic carbocycles. The van der Waals surface area contributed by atoms with E-state index in [1.807, 2.05) is 55.5 Å². The van der Waals surface area contributed by atoms with Crippen LogP contribution in [0.2, 0.25) is 0 Å². The lowest BCUT2D eigenvalue weighted by Gasteiger charge is -2.48. The first-order valence-electron chi connectivity index (χ1n) is 7.85. The standard InChI is InChI=1S/C19H21NO4/c1-12(13-4-8-15(23-2)9-5-13)20-17(18(21)19(20)22)14-6-10-16(24-3)11-7-14/h4-12,17-18,21H,1-3H3/t12-,17-,18+/m1/s1. The molecule has 2 aromatic rings. The lowest BCUT2D eigenvalue weighted by Crippen LogP contribution is -2.59. The second kappa shape index (κ2) is 6.53. The molecule has 5 heteroatoms. The van der Waals surface area contributed by atoms with Gasteiger partial charge in [0.1, 0.15) is 11.5 Å². The van der Waals surface area contributed by atoms with Crippen molar-refractivity contribution in [2.75, 3.05) is 14.2 Å². The molecule has 0 saturated carbocycles. The summed E-state index contributed by atoms with van der Waals surface area (Å²) in [5.41, 5.74) is 1.89. The second-order valence-corrected chi connectivity index (χ2v) is 5.86. The lowest BCUT2D eigenvalue weighted by atomic mass is 9.87. The predicted octanol–water partition coefficient (Wildman–Crippen LogP) is 2.71. The highest BCUT2D eigenvalue weighted by Gasteiger charge is 2.49. The first-order valence-corrected chi connectivity index (χ1v) is 7.85. The molecule has 3 rings (SSSR count). The lowest BCUT2D eigenvalue weighted by molar-refractivity contribution is -0.172. The summed E-state index contributed by atoms with van der Waals surface area (Å²) in [6.45, 7) is 1.96. The first kappa shape index (κ1) is 16.3. The van der Waals surface area contributed by atoms with Crippen molar-refractivity contribution in [2.24, 2.45) is 0 Å². The minimum Gasteiger partial charge on any atom is -0.497 e. The fourth-order valence-corrected chi connectivity index (χ4v) is 3.11. The Hall–Kier alpha value is -2.53. The number of aliphatic hydroxyl groups excluding tert-OH is 1. The van der Waals surface area contributed by atoms with Crippen molar-refractivity contribution in [3.63, 3.8) is 0 Å². The van der Waals surface area contributed by atoms with Crippen molar-refractivity contribution in [2.45, 2.75) is 25.1 Å². The van der Waals surface area contributed by atoms with Gasteiger partial charge < -0.3 is 19.5 Å². The first-order chi connectivity index (χ1) is 11.6. The molecule has 24 heavy (non-hydrogen) atoms. The summed E-state index contributed by atoms with van der Waals surface area (Å²) in [6, 6.07) is 14.6. The molecule has 1 aliphatic heterocycles. The molecule has 1 aliphatic rings. The molecule has 126 valence electrons. The Morgan fingerprint density at radius 1 is 0.958 bits per heavy atom. The van der Waals surface area contributed by atoms with Crippen LogP contribution in [0, 0.1) is 0 Å². The van der Waals surface area contributed by atoms with Crippen LogP contribution in [0.3, 0.4) is 0 Å². The van der Waals surface area contributed by atoms with E-state index in [1.165, 1.54) is 0 Å². The van der Waals surface area contributed by atoms with Crippen LogP contribution in [0.25, 0.3) is 0 Å². The van der Waals surface area contributed by atoms with Crippen molar-refractivity contribution in [3.8, 4) is 11.5 Å². The topological polar surface area (TPSA) is 59.0 Å². The van der Waals surface area contributed by atoms with Crippen LogP contribution < -0.4 is 9.47 Å². The highest BCUT2D eigenvalue weighted by molar-refractivity contribution is 5.89.